The fraction of sp³-hybridized carbons (Fsp3) is 0.571. The Kier molecular flexibility index (Phi) is 2.70. The molecular formula is C14H22N2. The van der Waals surface area contributed by atoms with Crippen molar-refractivity contribution in [1.29, 1.82) is 0 Å². The molecule has 0 radical (unpaired) electrons. The molecule has 0 aromatic heterocycles. The third kappa shape index (κ3) is 2.22. The highest BCUT2D eigenvalue weighted by Gasteiger charge is 2.33. The molecule has 1 aliphatic rings. The molecule has 0 fully saturated rings. The first-order valence-electron chi connectivity index (χ1n) is 6.03. The molecule has 1 aromatic rings. The van der Waals surface area contributed by atoms with E-state index in [0.717, 1.165) is 19.4 Å². The van der Waals surface area contributed by atoms with E-state index in [1.165, 1.54) is 11.3 Å². The summed E-state index contributed by atoms with van der Waals surface area (Å²) in [5.74, 6) is 0. The Morgan fingerprint density at radius 2 is 1.88 bits per heavy atom. The van der Waals surface area contributed by atoms with E-state index >= 15 is 0 Å². The van der Waals surface area contributed by atoms with Gasteiger partial charge in [0.25, 0.3) is 0 Å². The van der Waals surface area contributed by atoms with Crippen molar-refractivity contribution in [2.75, 3.05) is 11.9 Å². The van der Waals surface area contributed by atoms with Crippen LogP contribution in [0.1, 0.15) is 39.2 Å². The van der Waals surface area contributed by atoms with Crippen molar-refractivity contribution in [3.63, 3.8) is 0 Å². The number of hydrogen-bond acceptors (Lipinski definition) is 2. The molecule has 3 N–H and O–H groups in total. The lowest BCUT2D eigenvalue weighted by atomic mass is 9.73. The predicted octanol–water partition coefficient (Wildman–Crippen LogP) is 3.09. The third-order valence-corrected chi connectivity index (χ3v) is 3.51. The van der Waals surface area contributed by atoms with Crippen LogP contribution in [-0.4, -0.2) is 6.54 Å². The molecule has 1 aromatic carbocycles. The van der Waals surface area contributed by atoms with Gasteiger partial charge in [0.05, 0.1) is 0 Å². The Bertz CT molecular complexity index is 380. The second-order valence-electron chi connectivity index (χ2n) is 5.98. The van der Waals surface area contributed by atoms with E-state index in [-0.39, 0.29) is 5.54 Å². The standard InChI is InChI=1S/C14H22N2/c1-13(2)8-9-16-12-7-5-4-6-11(12)14(3,15)10-13/h4-7,16H,8-10,15H2,1-3H3. The lowest BCUT2D eigenvalue weighted by Crippen LogP contribution is -2.40. The van der Waals surface area contributed by atoms with Gasteiger partial charge < -0.3 is 11.1 Å². The molecule has 88 valence electrons. The van der Waals surface area contributed by atoms with Crippen LogP contribution >= 0.6 is 0 Å². The smallest absolute Gasteiger partial charge is 0.0406 e. The van der Waals surface area contributed by atoms with E-state index in [0.29, 0.717) is 5.41 Å². The van der Waals surface area contributed by atoms with Crippen LogP contribution in [0.2, 0.25) is 0 Å². The van der Waals surface area contributed by atoms with E-state index in [9.17, 15) is 0 Å². The maximum Gasteiger partial charge on any atom is 0.0406 e. The van der Waals surface area contributed by atoms with Crippen molar-refractivity contribution in [3.05, 3.63) is 29.8 Å². The molecule has 0 aliphatic carbocycles. The fourth-order valence-electron chi connectivity index (χ4n) is 2.85. The minimum Gasteiger partial charge on any atom is -0.385 e. The van der Waals surface area contributed by atoms with Gasteiger partial charge in [0.15, 0.2) is 0 Å². The van der Waals surface area contributed by atoms with Crippen LogP contribution in [-0.2, 0) is 5.54 Å². The Labute approximate surface area is 98.2 Å². The molecular weight excluding hydrogens is 196 g/mol. The van der Waals surface area contributed by atoms with E-state index < -0.39 is 0 Å². The van der Waals surface area contributed by atoms with Gasteiger partial charge >= 0.3 is 0 Å². The van der Waals surface area contributed by atoms with Crippen LogP contribution in [0.3, 0.4) is 0 Å². The van der Waals surface area contributed by atoms with Crippen LogP contribution < -0.4 is 11.1 Å². The molecule has 0 bridgehead atoms. The van der Waals surface area contributed by atoms with E-state index in [2.05, 4.69) is 50.4 Å². The van der Waals surface area contributed by atoms with Crippen LogP contribution in [0.5, 0.6) is 0 Å². The molecule has 0 saturated heterocycles. The van der Waals surface area contributed by atoms with Crippen molar-refractivity contribution in [1.82, 2.24) is 0 Å². The lowest BCUT2D eigenvalue weighted by Gasteiger charge is -2.38. The van der Waals surface area contributed by atoms with Crippen molar-refractivity contribution in [2.24, 2.45) is 11.1 Å². The number of anilines is 1. The van der Waals surface area contributed by atoms with Crippen molar-refractivity contribution >= 4 is 5.69 Å². The molecule has 1 heterocycles. The number of nitrogens with one attached hydrogen (secondary N) is 1. The Hall–Kier alpha value is -1.02. The summed E-state index contributed by atoms with van der Waals surface area (Å²) in [5.41, 5.74) is 8.98. The zero-order valence-electron chi connectivity index (χ0n) is 10.5. The molecule has 2 nitrogen and oxygen atoms in total. The zero-order chi connectivity index (χ0) is 11.8. The van der Waals surface area contributed by atoms with Gasteiger partial charge in [-0.25, -0.2) is 0 Å². The first-order valence-corrected chi connectivity index (χ1v) is 6.03. The van der Waals surface area contributed by atoms with Gasteiger partial charge in [-0.3, -0.25) is 0 Å². The number of hydrogen-bond donors (Lipinski definition) is 2. The molecule has 1 atom stereocenters. The molecule has 0 spiro atoms. The summed E-state index contributed by atoms with van der Waals surface area (Å²) in [6.07, 6.45) is 2.19. The van der Waals surface area contributed by atoms with Gasteiger partial charge in [0.2, 0.25) is 0 Å². The average molecular weight is 218 g/mol. The minimum atomic E-state index is -0.243. The van der Waals surface area contributed by atoms with Crippen molar-refractivity contribution in [2.45, 2.75) is 39.2 Å². The topological polar surface area (TPSA) is 38.0 Å². The summed E-state index contributed by atoms with van der Waals surface area (Å²) in [5, 5.41) is 3.50. The highest BCUT2D eigenvalue weighted by Crippen LogP contribution is 2.39. The highest BCUT2D eigenvalue weighted by molar-refractivity contribution is 5.54. The first kappa shape index (κ1) is 11.5. The summed E-state index contributed by atoms with van der Waals surface area (Å²) >= 11 is 0. The summed E-state index contributed by atoms with van der Waals surface area (Å²) in [6.45, 7) is 7.77. The lowest BCUT2D eigenvalue weighted by molar-refractivity contribution is 0.233. The SMILES string of the molecule is CC1(C)CCNc2ccccc2C(C)(N)C1. The molecule has 2 rings (SSSR count). The largest absolute Gasteiger partial charge is 0.385 e. The second-order valence-corrected chi connectivity index (χ2v) is 5.98. The van der Waals surface area contributed by atoms with Gasteiger partial charge in [-0.15, -0.1) is 0 Å². The maximum atomic E-state index is 6.49. The van der Waals surface area contributed by atoms with Crippen LogP contribution in [0.25, 0.3) is 0 Å². The van der Waals surface area contributed by atoms with Gasteiger partial charge in [0, 0.05) is 17.8 Å². The number of fused-ring (bicyclic) bond motifs is 1. The zero-order valence-corrected chi connectivity index (χ0v) is 10.5. The average Bonchev–Trinajstić information content (AvgIpc) is 2.14. The summed E-state index contributed by atoms with van der Waals surface area (Å²) < 4.78 is 0. The normalized spacial score (nSPS) is 28.5. The van der Waals surface area contributed by atoms with Gasteiger partial charge in [0.1, 0.15) is 0 Å². The fourth-order valence-corrected chi connectivity index (χ4v) is 2.85. The van der Waals surface area contributed by atoms with Crippen LogP contribution in [0, 0.1) is 5.41 Å². The number of rotatable bonds is 0. The quantitative estimate of drug-likeness (QED) is 0.702. The molecule has 0 amide bonds. The Morgan fingerprint density at radius 3 is 2.62 bits per heavy atom. The van der Waals surface area contributed by atoms with Gasteiger partial charge in [-0.1, -0.05) is 32.0 Å². The van der Waals surface area contributed by atoms with Crippen LogP contribution in [0.4, 0.5) is 5.69 Å². The van der Waals surface area contributed by atoms with Crippen LogP contribution in [0.15, 0.2) is 24.3 Å². The number of nitrogens with two attached hydrogens (primary N) is 1. The van der Waals surface area contributed by atoms with Crippen molar-refractivity contribution < 1.29 is 0 Å². The molecule has 1 aliphatic heterocycles. The van der Waals surface area contributed by atoms with Gasteiger partial charge in [-0.05, 0) is 36.8 Å². The predicted molar refractivity (Wildman–Crippen MR) is 69.5 cm³/mol. The summed E-state index contributed by atoms with van der Waals surface area (Å²) in [6, 6.07) is 8.40. The summed E-state index contributed by atoms with van der Waals surface area (Å²) in [4.78, 5) is 0. The molecule has 0 saturated carbocycles. The van der Waals surface area contributed by atoms with E-state index in [1.54, 1.807) is 0 Å². The summed E-state index contributed by atoms with van der Waals surface area (Å²) in [7, 11) is 0. The minimum absolute atomic E-state index is 0.243. The number of benzene rings is 1. The second kappa shape index (κ2) is 3.77. The Balaban J connectivity index is 2.43. The first-order chi connectivity index (χ1) is 7.41. The third-order valence-electron chi connectivity index (χ3n) is 3.51. The molecule has 2 heteroatoms. The highest BCUT2D eigenvalue weighted by atomic mass is 14.9. The van der Waals surface area contributed by atoms with Gasteiger partial charge in [-0.2, -0.15) is 0 Å². The number of para-hydroxylation sites is 1. The Morgan fingerprint density at radius 1 is 1.19 bits per heavy atom. The molecule has 16 heavy (non-hydrogen) atoms. The maximum absolute atomic E-state index is 6.49. The van der Waals surface area contributed by atoms with Crippen molar-refractivity contribution in [3.8, 4) is 0 Å². The monoisotopic (exact) mass is 218 g/mol. The van der Waals surface area contributed by atoms with E-state index in [1.807, 2.05) is 0 Å². The van der Waals surface area contributed by atoms with E-state index in [4.69, 9.17) is 5.73 Å². The molecule has 1 unspecified atom stereocenters.